The number of likely N-dealkylation sites (tertiary alicyclic amines) is 1. The van der Waals surface area contributed by atoms with E-state index in [-0.39, 0.29) is 23.8 Å². The highest BCUT2D eigenvalue weighted by Crippen LogP contribution is 2.33. The van der Waals surface area contributed by atoms with Gasteiger partial charge in [-0.3, -0.25) is 0 Å². The van der Waals surface area contributed by atoms with Gasteiger partial charge >= 0.3 is 6.03 Å². The van der Waals surface area contributed by atoms with E-state index >= 15 is 0 Å². The first-order valence-corrected chi connectivity index (χ1v) is 11.5. The van der Waals surface area contributed by atoms with E-state index in [0.29, 0.717) is 25.8 Å². The van der Waals surface area contributed by atoms with Crippen molar-refractivity contribution >= 4 is 21.9 Å². The summed E-state index contributed by atoms with van der Waals surface area (Å²) in [5.74, 6) is -2.46. The van der Waals surface area contributed by atoms with Crippen molar-refractivity contribution in [1.82, 2.24) is 13.9 Å². The van der Waals surface area contributed by atoms with E-state index in [1.165, 1.54) is 31.1 Å². The second-order valence-electron chi connectivity index (χ2n) is 7.74. The number of carbonyl (C=O) groups is 1. The molecule has 3 rings (SSSR count). The molecule has 2 N–H and O–H groups in total. The fourth-order valence-electron chi connectivity index (χ4n) is 3.52. The monoisotopic (exact) mass is 470 g/mol. The van der Waals surface area contributed by atoms with Crippen LogP contribution in [0.25, 0.3) is 11.1 Å². The zero-order valence-electron chi connectivity index (χ0n) is 17.7. The van der Waals surface area contributed by atoms with Gasteiger partial charge in [-0.1, -0.05) is 6.07 Å². The van der Waals surface area contributed by atoms with Crippen molar-refractivity contribution in [2.75, 3.05) is 32.5 Å². The first-order chi connectivity index (χ1) is 15.1. The molecular formula is C21H25F3N4O3S. The van der Waals surface area contributed by atoms with Crippen LogP contribution in [0.3, 0.4) is 0 Å². The van der Waals surface area contributed by atoms with Crippen molar-refractivity contribution in [3.63, 3.8) is 0 Å². The summed E-state index contributed by atoms with van der Waals surface area (Å²) in [5.41, 5.74) is -0.480. The number of halogens is 3. The summed E-state index contributed by atoms with van der Waals surface area (Å²) in [6, 6.07) is 5.76. The fourth-order valence-corrected chi connectivity index (χ4v) is 4.38. The molecule has 0 radical (unpaired) electrons. The van der Waals surface area contributed by atoms with E-state index in [1.54, 1.807) is 0 Å². The van der Waals surface area contributed by atoms with E-state index in [9.17, 15) is 26.4 Å². The van der Waals surface area contributed by atoms with Gasteiger partial charge in [0, 0.05) is 38.8 Å². The summed E-state index contributed by atoms with van der Waals surface area (Å²) in [5, 5.41) is 2.61. The molecule has 11 heteroatoms. The average molecular weight is 471 g/mol. The molecule has 32 heavy (non-hydrogen) atoms. The van der Waals surface area contributed by atoms with Gasteiger partial charge in [-0.2, -0.15) is 17.4 Å². The van der Waals surface area contributed by atoms with Gasteiger partial charge in [0.2, 0.25) is 0 Å². The smallest absolute Gasteiger partial charge is 0.321 e. The van der Waals surface area contributed by atoms with Crippen molar-refractivity contribution in [2.45, 2.75) is 25.3 Å². The molecule has 1 saturated heterocycles. The third kappa shape index (κ3) is 5.59. The Balaban J connectivity index is 1.76. The Hall–Kier alpha value is -2.63. The second-order valence-corrected chi connectivity index (χ2v) is 9.65. The second kappa shape index (κ2) is 9.88. The molecule has 0 aliphatic carbocycles. The first kappa shape index (κ1) is 24.0. The topological polar surface area (TPSA) is 81.8 Å². The Bertz CT molecular complexity index is 1080. The van der Waals surface area contributed by atoms with Gasteiger partial charge in [-0.25, -0.2) is 18.0 Å². The largest absolute Gasteiger partial charge is 0.324 e. The Kier molecular flexibility index (Phi) is 7.42. The highest BCUT2D eigenvalue weighted by molar-refractivity contribution is 7.87. The van der Waals surface area contributed by atoms with Gasteiger partial charge in [-0.05, 0) is 49.6 Å². The maximum atomic E-state index is 14.3. The molecule has 2 aromatic rings. The Morgan fingerprint density at radius 2 is 1.75 bits per heavy atom. The van der Waals surface area contributed by atoms with E-state index < -0.39 is 39.3 Å². The quantitative estimate of drug-likeness (QED) is 0.701. The predicted molar refractivity (Wildman–Crippen MR) is 116 cm³/mol. The van der Waals surface area contributed by atoms with Crippen molar-refractivity contribution in [2.24, 2.45) is 0 Å². The first-order valence-electron chi connectivity index (χ1n) is 10.1. The van der Waals surface area contributed by atoms with Crippen LogP contribution >= 0.6 is 0 Å². The van der Waals surface area contributed by atoms with Crippen LogP contribution in [0.15, 0.2) is 36.4 Å². The van der Waals surface area contributed by atoms with E-state index in [1.807, 2.05) is 0 Å². The van der Waals surface area contributed by atoms with Gasteiger partial charge in [0.15, 0.2) is 0 Å². The summed E-state index contributed by atoms with van der Waals surface area (Å²) >= 11 is 0. The number of anilines is 1. The molecule has 0 spiro atoms. The van der Waals surface area contributed by atoms with Crippen LogP contribution < -0.4 is 10.0 Å². The SMILES string of the molecule is CN(C)S(=O)(=O)N[C@H]1CCCN(C(=O)Nc2ccc(F)cc2-c2c(F)cccc2F)CC1. The minimum Gasteiger partial charge on any atom is -0.324 e. The van der Waals surface area contributed by atoms with Gasteiger partial charge < -0.3 is 10.2 Å². The highest BCUT2D eigenvalue weighted by Gasteiger charge is 2.26. The van der Waals surface area contributed by atoms with Crippen molar-refractivity contribution in [3.8, 4) is 11.1 Å². The van der Waals surface area contributed by atoms with Gasteiger partial charge in [0.1, 0.15) is 17.5 Å². The highest BCUT2D eigenvalue weighted by atomic mass is 32.2. The molecule has 174 valence electrons. The molecule has 2 aromatic carbocycles. The summed E-state index contributed by atoms with van der Waals surface area (Å²) in [4.78, 5) is 14.3. The molecule has 0 aromatic heterocycles. The molecular weight excluding hydrogens is 445 g/mol. The summed E-state index contributed by atoms with van der Waals surface area (Å²) < 4.78 is 70.2. The Morgan fingerprint density at radius 1 is 1.06 bits per heavy atom. The van der Waals surface area contributed by atoms with Gasteiger partial charge in [-0.15, -0.1) is 0 Å². The number of carbonyl (C=O) groups excluding carboxylic acids is 1. The molecule has 1 aliphatic rings. The lowest BCUT2D eigenvalue weighted by atomic mass is 10.0. The molecule has 1 aliphatic heterocycles. The standard InChI is InChI=1S/C21H25F3N4O3S/c1-27(2)32(30,31)26-15-5-4-11-28(12-10-15)21(29)25-19-9-8-14(22)13-16(19)20-17(23)6-3-7-18(20)24/h3,6-9,13,15,26H,4-5,10-12H2,1-2H3,(H,25,29)/t15-/m0/s1. The third-order valence-electron chi connectivity index (χ3n) is 5.27. The van der Waals surface area contributed by atoms with Crippen LogP contribution in [-0.4, -0.2) is 56.9 Å². The number of hydrogen-bond donors (Lipinski definition) is 2. The van der Waals surface area contributed by atoms with Gasteiger partial charge in [0.05, 0.1) is 11.3 Å². The number of hydrogen-bond acceptors (Lipinski definition) is 3. The number of amides is 2. The van der Waals surface area contributed by atoms with E-state index in [2.05, 4.69) is 10.0 Å². The summed E-state index contributed by atoms with van der Waals surface area (Å²) in [6.07, 6.45) is 1.52. The number of rotatable bonds is 5. The zero-order valence-corrected chi connectivity index (χ0v) is 18.6. The van der Waals surface area contributed by atoms with Gasteiger partial charge in [0.25, 0.3) is 10.2 Å². The molecule has 1 fully saturated rings. The lowest BCUT2D eigenvalue weighted by Crippen LogP contribution is -2.42. The number of urea groups is 1. The average Bonchev–Trinajstić information content (AvgIpc) is 2.95. The molecule has 0 unspecified atom stereocenters. The van der Waals surface area contributed by atoms with Crippen LogP contribution in [0.5, 0.6) is 0 Å². The normalized spacial score (nSPS) is 17.3. The minimum atomic E-state index is -3.59. The van der Waals surface area contributed by atoms with Crippen LogP contribution in [-0.2, 0) is 10.2 Å². The van der Waals surface area contributed by atoms with E-state index in [4.69, 9.17) is 0 Å². The van der Waals surface area contributed by atoms with Crippen molar-refractivity contribution in [1.29, 1.82) is 0 Å². The summed E-state index contributed by atoms with van der Waals surface area (Å²) in [7, 11) is -0.735. The maximum absolute atomic E-state index is 14.3. The molecule has 0 saturated carbocycles. The molecule has 7 nitrogen and oxygen atoms in total. The van der Waals surface area contributed by atoms with Crippen LogP contribution in [0, 0.1) is 17.5 Å². The Labute approximate surface area is 185 Å². The lowest BCUT2D eigenvalue weighted by Gasteiger charge is -2.23. The zero-order chi connectivity index (χ0) is 23.5. The summed E-state index contributed by atoms with van der Waals surface area (Å²) in [6.45, 7) is 0.646. The molecule has 0 bridgehead atoms. The fraction of sp³-hybridized carbons (Fsp3) is 0.381. The number of nitrogens with zero attached hydrogens (tertiary/aromatic N) is 2. The molecule has 2 amide bonds. The van der Waals surface area contributed by atoms with Crippen molar-refractivity contribution in [3.05, 3.63) is 53.8 Å². The molecule has 1 heterocycles. The van der Waals surface area contributed by atoms with Crippen LogP contribution in [0.4, 0.5) is 23.7 Å². The number of benzene rings is 2. The number of nitrogens with one attached hydrogen (secondary N) is 2. The maximum Gasteiger partial charge on any atom is 0.321 e. The van der Waals surface area contributed by atoms with Crippen LogP contribution in [0.2, 0.25) is 0 Å². The Morgan fingerprint density at radius 3 is 2.41 bits per heavy atom. The lowest BCUT2D eigenvalue weighted by molar-refractivity contribution is 0.213. The third-order valence-corrected chi connectivity index (χ3v) is 6.86. The van der Waals surface area contributed by atoms with Crippen LogP contribution in [0.1, 0.15) is 19.3 Å². The minimum absolute atomic E-state index is 0.0644. The van der Waals surface area contributed by atoms with E-state index in [0.717, 1.165) is 28.6 Å². The van der Waals surface area contributed by atoms with Crippen molar-refractivity contribution < 1.29 is 26.4 Å². The predicted octanol–water partition coefficient (Wildman–Crippen LogP) is 3.55. The molecule has 1 atom stereocenters.